The Labute approximate surface area is 114 Å². The van der Waals surface area contributed by atoms with Gasteiger partial charge < -0.3 is 14.9 Å². The fourth-order valence-electron chi connectivity index (χ4n) is 2.48. The van der Waals surface area contributed by atoms with Crippen molar-refractivity contribution in [2.75, 3.05) is 25.1 Å². The van der Waals surface area contributed by atoms with Crippen molar-refractivity contribution in [3.05, 3.63) is 29.8 Å². The van der Waals surface area contributed by atoms with E-state index in [2.05, 4.69) is 0 Å². The molecule has 0 aromatic heterocycles. The van der Waals surface area contributed by atoms with Crippen molar-refractivity contribution in [3.8, 4) is 0 Å². The first kappa shape index (κ1) is 13.9. The second-order valence-corrected chi connectivity index (χ2v) is 5.31. The SMILES string of the molecule is Cc1ccc(N2CCC(C)N(C)C(=O)C2CO)cc1. The highest BCUT2D eigenvalue weighted by atomic mass is 16.3. The first-order valence-corrected chi connectivity index (χ1v) is 6.75. The molecule has 1 fully saturated rings. The van der Waals surface area contributed by atoms with Crippen molar-refractivity contribution in [1.29, 1.82) is 0 Å². The van der Waals surface area contributed by atoms with Crippen LogP contribution < -0.4 is 4.90 Å². The van der Waals surface area contributed by atoms with Crippen molar-refractivity contribution in [2.24, 2.45) is 0 Å². The third-order valence-electron chi connectivity index (χ3n) is 4.00. The first-order valence-electron chi connectivity index (χ1n) is 6.75. The maximum atomic E-state index is 12.4. The molecule has 19 heavy (non-hydrogen) atoms. The lowest BCUT2D eigenvalue weighted by Crippen LogP contribution is -2.48. The molecule has 1 aromatic carbocycles. The van der Waals surface area contributed by atoms with E-state index >= 15 is 0 Å². The average molecular weight is 262 g/mol. The maximum absolute atomic E-state index is 12.4. The highest BCUT2D eigenvalue weighted by Crippen LogP contribution is 2.23. The summed E-state index contributed by atoms with van der Waals surface area (Å²) in [7, 11) is 1.81. The predicted molar refractivity (Wildman–Crippen MR) is 76.2 cm³/mol. The summed E-state index contributed by atoms with van der Waals surface area (Å²) in [5, 5.41) is 9.59. The summed E-state index contributed by atoms with van der Waals surface area (Å²) in [6.45, 7) is 4.72. The van der Waals surface area contributed by atoms with Crippen molar-refractivity contribution >= 4 is 11.6 Å². The van der Waals surface area contributed by atoms with E-state index in [1.54, 1.807) is 4.90 Å². The Balaban J connectivity index is 2.32. The molecule has 1 aliphatic rings. The first-order chi connectivity index (χ1) is 9.04. The van der Waals surface area contributed by atoms with Crippen LogP contribution in [0, 0.1) is 6.92 Å². The van der Waals surface area contributed by atoms with E-state index in [4.69, 9.17) is 0 Å². The van der Waals surface area contributed by atoms with Crippen LogP contribution in [0.2, 0.25) is 0 Å². The fraction of sp³-hybridized carbons (Fsp3) is 0.533. The molecule has 104 valence electrons. The third-order valence-corrected chi connectivity index (χ3v) is 4.00. The summed E-state index contributed by atoms with van der Waals surface area (Å²) < 4.78 is 0. The molecule has 2 unspecified atom stereocenters. The molecule has 1 heterocycles. The number of nitrogens with zero attached hydrogens (tertiary/aromatic N) is 2. The molecule has 0 aliphatic carbocycles. The molecule has 1 aliphatic heterocycles. The molecule has 1 saturated heterocycles. The molecule has 1 aromatic rings. The molecule has 1 amide bonds. The molecule has 2 atom stereocenters. The predicted octanol–water partition coefficient (Wildman–Crippen LogP) is 1.41. The summed E-state index contributed by atoms with van der Waals surface area (Å²) in [5.41, 5.74) is 2.19. The van der Waals surface area contributed by atoms with E-state index in [1.165, 1.54) is 5.56 Å². The Morgan fingerprint density at radius 1 is 1.32 bits per heavy atom. The second kappa shape index (κ2) is 5.61. The quantitative estimate of drug-likeness (QED) is 0.876. The number of aliphatic hydroxyl groups excluding tert-OH is 1. The molecule has 0 radical (unpaired) electrons. The molecular weight excluding hydrogens is 240 g/mol. The minimum Gasteiger partial charge on any atom is -0.394 e. The number of benzene rings is 1. The van der Waals surface area contributed by atoms with Gasteiger partial charge in [-0.2, -0.15) is 0 Å². The van der Waals surface area contributed by atoms with E-state index in [0.29, 0.717) is 0 Å². The van der Waals surface area contributed by atoms with Gasteiger partial charge in [-0.15, -0.1) is 0 Å². The molecule has 0 spiro atoms. The van der Waals surface area contributed by atoms with Crippen LogP contribution in [0.3, 0.4) is 0 Å². The normalized spacial score (nSPS) is 24.5. The molecule has 2 rings (SSSR count). The largest absolute Gasteiger partial charge is 0.394 e. The fourth-order valence-corrected chi connectivity index (χ4v) is 2.48. The van der Waals surface area contributed by atoms with Gasteiger partial charge in [0.1, 0.15) is 6.04 Å². The zero-order valence-electron chi connectivity index (χ0n) is 11.8. The maximum Gasteiger partial charge on any atom is 0.247 e. The highest BCUT2D eigenvalue weighted by molar-refractivity contribution is 5.86. The molecule has 0 bridgehead atoms. The van der Waals surface area contributed by atoms with Gasteiger partial charge in [-0.3, -0.25) is 4.79 Å². The summed E-state index contributed by atoms with van der Waals surface area (Å²) in [5.74, 6) is -0.00641. The molecule has 1 N–H and O–H groups in total. The lowest BCUT2D eigenvalue weighted by molar-refractivity contribution is -0.133. The van der Waals surface area contributed by atoms with Gasteiger partial charge in [0.25, 0.3) is 0 Å². The number of carbonyl (C=O) groups excluding carboxylic acids is 1. The van der Waals surface area contributed by atoms with Crippen LogP contribution in [0.5, 0.6) is 0 Å². The number of likely N-dealkylation sites (N-methyl/N-ethyl adjacent to an activating group) is 1. The number of hydrogen-bond acceptors (Lipinski definition) is 3. The Kier molecular flexibility index (Phi) is 4.10. The van der Waals surface area contributed by atoms with E-state index in [-0.39, 0.29) is 18.6 Å². The Hall–Kier alpha value is -1.55. The van der Waals surface area contributed by atoms with Crippen LogP contribution in [0.25, 0.3) is 0 Å². The summed E-state index contributed by atoms with van der Waals surface area (Å²) >= 11 is 0. The van der Waals surface area contributed by atoms with Crippen LogP contribution in [-0.2, 0) is 4.79 Å². The van der Waals surface area contributed by atoms with Gasteiger partial charge in [-0.25, -0.2) is 0 Å². The lowest BCUT2D eigenvalue weighted by atomic mass is 10.1. The topological polar surface area (TPSA) is 43.8 Å². The number of carbonyl (C=O) groups is 1. The van der Waals surface area contributed by atoms with Gasteiger partial charge in [0.05, 0.1) is 6.61 Å². The van der Waals surface area contributed by atoms with Crippen LogP contribution in [-0.4, -0.2) is 48.2 Å². The number of aryl methyl sites for hydroxylation is 1. The van der Waals surface area contributed by atoms with Crippen LogP contribution in [0.1, 0.15) is 18.9 Å². The number of amides is 1. The second-order valence-electron chi connectivity index (χ2n) is 5.31. The molecule has 4 heteroatoms. The van der Waals surface area contributed by atoms with E-state index < -0.39 is 6.04 Å². The van der Waals surface area contributed by atoms with Gasteiger partial charge in [0.15, 0.2) is 0 Å². The minimum atomic E-state index is -0.474. The van der Waals surface area contributed by atoms with Crippen molar-refractivity contribution in [3.63, 3.8) is 0 Å². The number of rotatable bonds is 2. The van der Waals surface area contributed by atoms with Crippen molar-refractivity contribution < 1.29 is 9.90 Å². The van der Waals surface area contributed by atoms with Gasteiger partial charge in [0.2, 0.25) is 5.91 Å². The van der Waals surface area contributed by atoms with Gasteiger partial charge in [0, 0.05) is 25.3 Å². The average Bonchev–Trinajstić information content (AvgIpc) is 2.52. The minimum absolute atomic E-state index is 0.00641. The van der Waals surface area contributed by atoms with Crippen molar-refractivity contribution in [1.82, 2.24) is 4.90 Å². The van der Waals surface area contributed by atoms with Crippen LogP contribution >= 0.6 is 0 Å². The molecule has 0 saturated carbocycles. The Morgan fingerprint density at radius 2 is 1.95 bits per heavy atom. The lowest BCUT2D eigenvalue weighted by Gasteiger charge is -2.30. The van der Waals surface area contributed by atoms with Gasteiger partial charge in [-0.05, 0) is 32.4 Å². The van der Waals surface area contributed by atoms with Gasteiger partial charge in [-0.1, -0.05) is 17.7 Å². The smallest absolute Gasteiger partial charge is 0.247 e. The van der Waals surface area contributed by atoms with E-state index in [0.717, 1.165) is 18.7 Å². The molecular formula is C15H22N2O2. The van der Waals surface area contributed by atoms with Crippen LogP contribution in [0.4, 0.5) is 5.69 Å². The van der Waals surface area contributed by atoms with E-state index in [1.807, 2.05) is 50.1 Å². The van der Waals surface area contributed by atoms with Gasteiger partial charge >= 0.3 is 0 Å². The number of anilines is 1. The van der Waals surface area contributed by atoms with E-state index in [9.17, 15) is 9.90 Å². The zero-order valence-corrected chi connectivity index (χ0v) is 11.8. The number of hydrogen-bond donors (Lipinski definition) is 1. The molecule has 4 nitrogen and oxygen atoms in total. The third kappa shape index (κ3) is 2.73. The van der Waals surface area contributed by atoms with Crippen molar-refractivity contribution in [2.45, 2.75) is 32.4 Å². The Morgan fingerprint density at radius 3 is 2.53 bits per heavy atom. The zero-order chi connectivity index (χ0) is 14.0. The summed E-state index contributed by atoms with van der Waals surface area (Å²) in [6.07, 6.45) is 0.909. The Bertz CT molecular complexity index is 444. The van der Waals surface area contributed by atoms with Crippen LogP contribution in [0.15, 0.2) is 24.3 Å². The standard InChI is InChI=1S/C15H22N2O2/c1-11-4-6-13(7-5-11)17-9-8-12(2)16(3)15(19)14(17)10-18/h4-7,12,14,18H,8-10H2,1-3H3. The highest BCUT2D eigenvalue weighted by Gasteiger charge is 2.33. The monoisotopic (exact) mass is 262 g/mol. The summed E-state index contributed by atoms with van der Waals surface area (Å²) in [4.78, 5) is 16.1. The number of aliphatic hydroxyl groups is 1. The summed E-state index contributed by atoms with van der Waals surface area (Å²) in [6, 6.07) is 7.83.